The van der Waals surface area contributed by atoms with E-state index in [0.717, 1.165) is 31.1 Å². The summed E-state index contributed by atoms with van der Waals surface area (Å²) in [5, 5.41) is 0. The lowest BCUT2D eigenvalue weighted by Gasteiger charge is -2.24. The van der Waals surface area contributed by atoms with Gasteiger partial charge in [0.25, 0.3) is 0 Å². The van der Waals surface area contributed by atoms with Crippen LogP contribution in [0.3, 0.4) is 0 Å². The van der Waals surface area contributed by atoms with Gasteiger partial charge in [0, 0.05) is 25.7 Å². The van der Waals surface area contributed by atoms with E-state index in [1.807, 2.05) is 12.1 Å². The molecule has 1 aliphatic heterocycles. The average molecular weight is 340 g/mol. The molecule has 1 N–H and O–H groups in total. The molecule has 2 rings (SSSR count). The molecule has 5 nitrogen and oxygen atoms in total. The van der Waals surface area contributed by atoms with Crippen LogP contribution in [0.15, 0.2) is 29.2 Å². The molecule has 0 amide bonds. The largest absolute Gasteiger partial charge is 0.305 e. The summed E-state index contributed by atoms with van der Waals surface area (Å²) < 4.78 is 25.9. The second-order valence-corrected chi connectivity index (χ2v) is 8.51. The molecule has 0 aromatic heterocycles. The van der Waals surface area contributed by atoms with Gasteiger partial charge in [-0.05, 0) is 51.2 Å². The quantitative estimate of drug-likeness (QED) is 0.822. The zero-order chi connectivity index (χ0) is 17.0. The van der Waals surface area contributed by atoms with Crippen molar-refractivity contribution in [3.8, 4) is 0 Å². The number of hydrogen-bond acceptors (Lipinski definition) is 4. The van der Waals surface area contributed by atoms with Crippen molar-refractivity contribution in [2.45, 2.75) is 37.2 Å². The monoisotopic (exact) mass is 339 g/mol. The Balaban J connectivity index is 2.02. The Hall–Kier alpha value is -0.950. The molecule has 1 aromatic rings. The number of nitrogens with one attached hydrogen (secondary N) is 1. The van der Waals surface area contributed by atoms with E-state index in [-0.39, 0.29) is 0 Å². The molecule has 0 aliphatic carbocycles. The van der Waals surface area contributed by atoms with Gasteiger partial charge >= 0.3 is 0 Å². The molecule has 0 unspecified atom stereocenters. The maximum absolute atomic E-state index is 11.8. The van der Waals surface area contributed by atoms with Gasteiger partial charge in [0.05, 0.1) is 4.90 Å². The van der Waals surface area contributed by atoms with Gasteiger partial charge in [0.15, 0.2) is 0 Å². The zero-order valence-electron chi connectivity index (χ0n) is 14.6. The Labute approximate surface area is 140 Å². The number of benzene rings is 1. The van der Waals surface area contributed by atoms with E-state index < -0.39 is 10.0 Å². The van der Waals surface area contributed by atoms with Crippen molar-refractivity contribution in [2.24, 2.45) is 5.92 Å². The number of likely N-dealkylation sites (tertiary alicyclic amines) is 1. The average Bonchev–Trinajstić information content (AvgIpc) is 2.91. The van der Waals surface area contributed by atoms with Crippen LogP contribution in [-0.4, -0.2) is 58.5 Å². The van der Waals surface area contributed by atoms with Crippen LogP contribution in [0.1, 0.15) is 25.3 Å². The third kappa shape index (κ3) is 4.53. The summed E-state index contributed by atoms with van der Waals surface area (Å²) in [5.41, 5.74) is 1.16. The van der Waals surface area contributed by atoms with Gasteiger partial charge in [-0.3, -0.25) is 4.90 Å². The van der Waals surface area contributed by atoms with Crippen molar-refractivity contribution >= 4 is 10.0 Å². The van der Waals surface area contributed by atoms with Gasteiger partial charge < -0.3 is 4.90 Å². The van der Waals surface area contributed by atoms with Gasteiger partial charge in [-0.25, -0.2) is 13.1 Å². The summed E-state index contributed by atoms with van der Waals surface area (Å²) in [7, 11) is 2.41. The summed E-state index contributed by atoms with van der Waals surface area (Å²) in [6, 6.07) is 7.82. The van der Waals surface area contributed by atoms with Gasteiger partial charge in [-0.1, -0.05) is 25.5 Å². The summed E-state index contributed by atoms with van der Waals surface area (Å²) in [5.74, 6) is 0.721. The predicted octanol–water partition coefficient (Wildman–Crippen LogP) is 1.76. The molecule has 0 saturated carbocycles. The van der Waals surface area contributed by atoms with E-state index in [0.29, 0.717) is 10.9 Å². The first-order valence-corrected chi connectivity index (χ1v) is 9.77. The summed E-state index contributed by atoms with van der Waals surface area (Å²) in [6.45, 7) is 5.32. The van der Waals surface area contributed by atoms with Crippen LogP contribution in [0.25, 0.3) is 0 Å². The first-order valence-electron chi connectivity index (χ1n) is 8.28. The topological polar surface area (TPSA) is 52.7 Å². The fourth-order valence-corrected chi connectivity index (χ4v) is 4.19. The Bertz CT molecular complexity index is 599. The lowest BCUT2D eigenvalue weighted by Crippen LogP contribution is -2.35. The molecule has 2 atom stereocenters. The van der Waals surface area contributed by atoms with Crippen molar-refractivity contribution in [1.29, 1.82) is 0 Å². The molecule has 1 aliphatic rings. The summed E-state index contributed by atoms with van der Waals surface area (Å²) in [6.07, 6.45) is 2.48. The number of rotatable bonds is 7. The van der Waals surface area contributed by atoms with E-state index in [1.54, 1.807) is 12.1 Å². The Morgan fingerprint density at radius 1 is 1.22 bits per heavy atom. The lowest BCUT2D eigenvalue weighted by atomic mass is 9.98. The number of sulfonamides is 1. The van der Waals surface area contributed by atoms with Crippen molar-refractivity contribution in [2.75, 3.05) is 34.2 Å². The molecule has 0 spiro atoms. The number of likely N-dealkylation sites (N-methyl/N-ethyl adjacent to an activating group) is 1. The highest BCUT2D eigenvalue weighted by molar-refractivity contribution is 7.89. The molecule has 6 heteroatoms. The minimum absolute atomic E-state index is 0.320. The van der Waals surface area contributed by atoms with Gasteiger partial charge in [-0.2, -0.15) is 0 Å². The summed E-state index contributed by atoms with van der Waals surface area (Å²) in [4.78, 5) is 5.13. The molecule has 1 fully saturated rings. The SMILES string of the molecule is CCC[C@@H]1CN(Cc2ccc(S(=O)(=O)NC)cc2)C[C@H]1N(C)C. The van der Waals surface area contributed by atoms with Crippen LogP contribution in [0.4, 0.5) is 0 Å². The fraction of sp³-hybridized carbons (Fsp3) is 0.647. The second-order valence-electron chi connectivity index (χ2n) is 6.63. The molecule has 0 bridgehead atoms. The van der Waals surface area contributed by atoms with E-state index in [2.05, 4.69) is 35.5 Å². The van der Waals surface area contributed by atoms with Gasteiger partial charge in [0.1, 0.15) is 0 Å². The van der Waals surface area contributed by atoms with Gasteiger partial charge in [0.2, 0.25) is 10.0 Å². The van der Waals surface area contributed by atoms with Crippen LogP contribution in [0, 0.1) is 5.92 Å². The molecule has 0 radical (unpaired) electrons. The molecule has 23 heavy (non-hydrogen) atoms. The summed E-state index contributed by atoms with van der Waals surface area (Å²) >= 11 is 0. The van der Waals surface area contributed by atoms with Crippen LogP contribution < -0.4 is 4.72 Å². The third-order valence-electron chi connectivity index (χ3n) is 4.71. The highest BCUT2D eigenvalue weighted by Gasteiger charge is 2.33. The third-order valence-corrected chi connectivity index (χ3v) is 6.14. The van der Waals surface area contributed by atoms with Crippen molar-refractivity contribution in [1.82, 2.24) is 14.5 Å². The van der Waals surface area contributed by atoms with Gasteiger partial charge in [-0.15, -0.1) is 0 Å². The maximum Gasteiger partial charge on any atom is 0.240 e. The Morgan fingerprint density at radius 3 is 2.39 bits per heavy atom. The van der Waals surface area contributed by atoms with Crippen LogP contribution in [-0.2, 0) is 16.6 Å². The van der Waals surface area contributed by atoms with E-state index in [9.17, 15) is 8.42 Å². The van der Waals surface area contributed by atoms with E-state index in [1.165, 1.54) is 19.9 Å². The molecule has 1 aromatic carbocycles. The minimum atomic E-state index is -3.35. The highest BCUT2D eigenvalue weighted by atomic mass is 32.2. The van der Waals surface area contributed by atoms with Crippen molar-refractivity contribution in [3.05, 3.63) is 29.8 Å². The maximum atomic E-state index is 11.8. The molecule has 1 saturated heterocycles. The highest BCUT2D eigenvalue weighted by Crippen LogP contribution is 2.26. The zero-order valence-corrected chi connectivity index (χ0v) is 15.4. The van der Waals surface area contributed by atoms with E-state index >= 15 is 0 Å². The first kappa shape index (κ1) is 18.4. The van der Waals surface area contributed by atoms with Crippen LogP contribution in [0.2, 0.25) is 0 Å². The molecule has 130 valence electrons. The lowest BCUT2D eigenvalue weighted by molar-refractivity contribution is 0.239. The fourth-order valence-electron chi connectivity index (χ4n) is 3.46. The number of nitrogens with zero attached hydrogens (tertiary/aromatic N) is 2. The first-order chi connectivity index (χ1) is 10.9. The van der Waals surface area contributed by atoms with Crippen LogP contribution in [0.5, 0.6) is 0 Å². The number of hydrogen-bond donors (Lipinski definition) is 1. The molecular weight excluding hydrogens is 310 g/mol. The van der Waals surface area contributed by atoms with Crippen molar-refractivity contribution in [3.63, 3.8) is 0 Å². The second kappa shape index (κ2) is 7.75. The molecular formula is C17H29N3O2S. The standard InChI is InChI=1S/C17H29N3O2S/c1-5-6-15-12-20(13-17(15)19(3)4)11-14-7-9-16(10-8-14)23(21,22)18-2/h7-10,15,17-18H,5-6,11-13H2,1-4H3/t15-,17-/m1/s1. The van der Waals surface area contributed by atoms with Crippen LogP contribution >= 0.6 is 0 Å². The predicted molar refractivity (Wildman–Crippen MR) is 93.8 cm³/mol. The normalized spacial score (nSPS) is 22.8. The molecule has 1 heterocycles. The van der Waals surface area contributed by atoms with Crippen molar-refractivity contribution < 1.29 is 8.42 Å². The Kier molecular flexibility index (Phi) is 6.19. The Morgan fingerprint density at radius 2 is 1.87 bits per heavy atom. The smallest absolute Gasteiger partial charge is 0.240 e. The van der Waals surface area contributed by atoms with E-state index in [4.69, 9.17) is 0 Å². The minimum Gasteiger partial charge on any atom is -0.305 e.